The van der Waals surface area contributed by atoms with Crippen LogP contribution >= 0.6 is 0 Å². The summed E-state index contributed by atoms with van der Waals surface area (Å²) in [4.78, 5) is 100. The second kappa shape index (κ2) is 88.8. The van der Waals surface area contributed by atoms with Crippen LogP contribution in [0.2, 0.25) is 0 Å². The summed E-state index contributed by atoms with van der Waals surface area (Å²) in [6.45, 7) is 49.0. The van der Waals surface area contributed by atoms with E-state index < -0.39 is 29.1 Å². The van der Waals surface area contributed by atoms with Crippen LogP contribution in [-0.2, 0) is 105 Å². The van der Waals surface area contributed by atoms with E-state index in [2.05, 4.69) is 127 Å². The first-order chi connectivity index (χ1) is 55.3. The maximum Gasteiger partial charge on any atom is 0.245 e. The number of nitrogens with one attached hydrogen (secondary N) is 9. The van der Waals surface area contributed by atoms with Crippen LogP contribution in [0.15, 0.2) is 152 Å². The number of aliphatic hydroxyl groups excluding tert-OH is 6. The second-order valence-corrected chi connectivity index (χ2v) is 23.4. The summed E-state index contributed by atoms with van der Waals surface area (Å²) < 4.78 is 72.8. The SMILES string of the molecule is C=CC(=O)NCCCOCC(COCCCNC(=O)C=C)OCCCNC(=O)C=C.C=CC(=O)NCCOCC(COC)(COCCNC(=O)C=C)COCCNC(=O)C=C.C=CC(=O)NCOCC(O)CCOCC(CC)(COCCC(O)COCNC(=O)C=C)COCCC(O)COCNC(=O)C=C.C=CO.C=CO.C=CO. The Kier molecular flexibility index (Phi) is 90.2. The van der Waals surface area contributed by atoms with Crippen LogP contribution in [-0.4, -0.2) is 314 Å². The molecular weight excluding hydrogens is 1510 g/mol. The van der Waals surface area contributed by atoms with Crippen LogP contribution in [0.4, 0.5) is 0 Å². The van der Waals surface area contributed by atoms with E-state index in [9.17, 15) is 58.5 Å². The number of carbonyl (C=O) groups is 9. The number of amides is 9. The molecule has 660 valence electrons. The lowest BCUT2D eigenvalue weighted by Crippen LogP contribution is -2.43. The average Bonchev–Trinajstić information content (AvgIpc) is 0.877. The van der Waals surface area contributed by atoms with Gasteiger partial charge < -0.3 is 140 Å². The minimum atomic E-state index is -0.795. The zero-order valence-corrected chi connectivity index (χ0v) is 67.6. The predicted octanol–water partition coefficient (Wildman–Crippen LogP) is 1.64. The van der Waals surface area contributed by atoms with Crippen molar-refractivity contribution in [2.75, 3.05) is 205 Å². The first-order valence-corrected chi connectivity index (χ1v) is 36.7. The van der Waals surface area contributed by atoms with Gasteiger partial charge in [-0.2, -0.15) is 0 Å². The highest BCUT2D eigenvalue weighted by Crippen LogP contribution is 2.25. The van der Waals surface area contributed by atoms with Gasteiger partial charge in [-0.3, -0.25) is 43.2 Å². The van der Waals surface area contributed by atoms with Gasteiger partial charge in [0.1, 0.15) is 26.3 Å². The van der Waals surface area contributed by atoms with Gasteiger partial charge in [-0.15, -0.1) is 0 Å². The highest BCUT2D eigenvalue weighted by atomic mass is 16.6. The van der Waals surface area contributed by atoms with Crippen LogP contribution in [0.3, 0.4) is 0 Å². The quantitative estimate of drug-likeness (QED) is 0.0178. The van der Waals surface area contributed by atoms with Gasteiger partial charge in [0.2, 0.25) is 53.2 Å². The monoisotopic (exact) mass is 1650 g/mol. The molecule has 37 heteroatoms. The molecule has 0 saturated carbocycles. The largest absolute Gasteiger partial charge is 0.516 e. The van der Waals surface area contributed by atoms with Crippen LogP contribution in [0.5, 0.6) is 0 Å². The maximum atomic E-state index is 11.2. The number of hydrogen-bond donors (Lipinski definition) is 15. The van der Waals surface area contributed by atoms with Crippen molar-refractivity contribution in [2.24, 2.45) is 10.8 Å². The summed E-state index contributed by atoms with van der Waals surface area (Å²) in [6.07, 6.45) is 13.7. The number of rotatable bonds is 71. The fourth-order valence-electron chi connectivity index (χ4n) is 7.85. The second-order valence-electron chi connectivity index (χ2n) is 23.4. The number of methoxy groups -OCH3 is 1. The Balaban J connectivity index is -0.000000376. The van der Waals surface area contributed by atoms with Crippen molar-refractivity contribution in [2.45, 2.75) is 76.3 Å². The minimum absolute atomic E-state index is 0.0191. The third-order valence-electron chi connectivity index (χ3n) is 13.8. The van der Waals surface area contributed by atoms with Crippen molar-refractivity contribution in [3.8, 4) is 0 Å². The van der Waals surface area contributed by atoms with Crippen molar-refractivity contribution < 1.29 is 135 Å². The van der Waals surface area contributed by atoms with Gasteiger partial charge in [-0.1, -0.05) is 85.9 Å². The molecule has 0 aromatic rings. The molecule has 0 bridgehead atoms. The number of aliphatic hydroxyl groups is 6. The first-order valence-electron chi connectivity index (χ1n) is 36.7. The number of carbonyl (C=O) groups excluding carboxylic acids is 9. The molecule has 15 N–H and O–H groups in total. The zero-order valence-electron chi connectivity index (χ0n) is 67.6. The van der Waals surface area contributed by atoms with E-state index in [1.807, 2.05) is 6.92 Å². The molecule has 9 amide bonds. The zero-order chi connectivity index (χ0) is 87.7. The molecule has 0 saturated heterocycles. The molecule has 37 nitrogen and oxygen atoms in total. The Morgan fingerprint density at radius 2 is 0.539 bits per heavy atom. The Morgan fingerprint density at radius 1 is 0.304 bits per heavy atom. The molecule has 0 radical (unpaired) electrons. The summed E-state index contributed by atoms with van der Waals surface area (Å²) in [5.41, 5.74) is -1.18. The molecule has 0 spiro atoms. The molecule has 0 aliphatic rings. The van der Waals surface area contributed by atoms with Crippen LogP contribution < -0.4 is 47.9 Å². The number of hydrogen-bond acceptors (Lipinski definition) is 28. The van der Waals surface area contributed by atoms with Gasteiger partial charge >= 0.3 is 0 Å². The Bertz CT molecular complexity index is 2420. The van der Waals surface area contributed by atoms with Crippen molar-refractivity contribution in [3.05, 3.63) is 152 Å². The summed E-state index contributed by atoms with van der Waals surface area (Å²) in [6, 6.07) is 0. The molecule has 0 aliphatic heterocycles. The standard InChI is InChI=1S/C30H53N3O12.C21H35N3O7.C21H35N3O6.3C2H4O/c1-5-27(37)31-21-43-15-24(34)9-12-40-18-30(8-4,19-41-13-10-25(35)16-44-22-32-28(38)6-2)20-42-14-11-26(36)17-45-23-33-29(39)7-3;1-5-18(25)22-8-11-29-15-21(14-28-4,16-30-12-9-23-19(26)6-2)17-31-13-10-24-20(27)7-3;1-4-19(25)22-10-7-13-28-16-18(30-15-9-12-24-21(27)6-3)17-29-14-8-11-23-20(26)5-2;3*1-2-3/h5-7,24-26,34-36H,1-3,8-23H2,4H3,(H,31,37)(H,32,38)(H,33,39);5-7H,1-3,8-17H2,4H3,(H,22,25)(H,23,26)(H,24,27);4-6,18H,1-3,7-17H2,(H,22,25)(H,23,26)(H,24,27);3*2-3H,1H2. The van der Waals surface area contributed by atoms with Gasteiger partial charge in [-0.25, -0.2) is 0 Å². The molecular formula is C78H135N9O28. The molecule has 115 heavy (non-hydrogen) atoms. The normalized spacial score (nSPS) is 11.5. The molecule has 0 aromatic heterocycles. The van der Waals surface area contributed by atoms with E-state index in [0.717, 1.165) is 37.0 Å². The molecule has 3 atom stereocenters. The fourth-order valence-corrected chi connectivity index (χ4v) is 7.85. The molecule has 0 heterocycles. The lowest BCUT2D eigenvalue weighted by Gasteiger charge is -2.32. The molecule has 0 aliphatic carbocycles. The molecule has 0 rings (SSSR count). The average molecular weight is 1650 g/mol. The fraction of sp³-hybridized carbons (Fsp3) is 0.577. The topological polar surface area (TPSA) is 503 Å². The molecule has 3 unspecified atom stereocenters. The van der Waals surface area contributed by atoms with Gasteiger partial charge in [0, 0.05) is 91.4 Å². The van der Waals surface area contributed by atoms with Gasteiger partial charge in [0.15, 0.2) is 0 Å². The van der Waals surface area contributed by atoms with E-state index >= 15 is 0 Å². The highest BCUT2D eigenvalue weighted by molar-refractivity contribution is 5.89. The van der Waals surface area contributed by atoms with Gasteiger partial charge in [0.25, 0.3) is 0 Å². The van der Waals surface area contributed by atoms with Gasteiger partial charge in [-0.05, 0) is 99.6 Å². The third kappa shape index (κ3) is 85.6. The van der Waals surface area contributed by atoms with Crippen LogP contribution in [0.1, 0.15) is 51.9 Å². The lowest BCUT2D eigenvalue weighted by molar-refractivity contribution is -0.119. The van der Waals surface area contributed by atoms with Crippen molar-refractivity contribution in [1.29, 1.82) is 0 Å². The summed E-state index contributed by atoms with van der Waals surface area (Å²) in [5, 5.41) is 75.7. The van der Waals surface area contributed by atoms with Crippen molar-refractivity contribution in [1.82, 2.24) is 47.9 Å². The van der Waals surface area contributed by atoms with Gasteiger partial charge in [0.05, 0.1) is 142 Å². The summed E-state index contributed by atoms with van der Waals surface area (Å²) in [5.74, 6) is -2.59. The van der Waals surface area contributed by atoms with E-state index in [4.69, 9.17) is 76.9 Å². The maximum absolute atomic E-state index is 11.2. The van der Waals surface area contributed by atoms with Crippen LogP contribution in [0.25, 0.3) is 0 Å². The Hall–Kier alpha value is -9.13. The molecule has 0 fully saturated rings. The summed E-state index contributed by atoms with van der Waals surface area (Å²) >= 11 is 0. The Morgan fingerprint density at radius 3 is 0.791 bits per heavy atom. The number of ether oxygens (including phenoxy) is 13. The van der Waals surface area contributed by atoms with E-state index in [0.29, 0.717) is 124 Å². The predicted molar refractivity (Wildman–Crippen MR) is 434 cm³/mol. The van der Waals surface area contributed by atoms with E-state index in [1.165, 1.54) is 36.5 Å². The third-order valence-corrected chi connectivity index (χ3v) is 13.8. The van der Waals surface area contributed by atoms with E-state index in [1.54, 1.807) is 7.11 Å². The first kappa shape index (κ1) is 117. The summed E-state index contributed by atoms with van der Waals surface area (Å²) in [7, 11) is 1.56. The minimum Gasteiger partial charge on any atom is -0.516 e. The lowest BCUT2D eigenvalue weighted by atomic mass is 9.88. The smallest absolute Gasteiger partial charge is 0.245 e. The Labute approximate surface area is 678 Å². The van der Waals surface area contributed by atoms with E-state index in [-0.39, 0.29) is 179 Å². The molecule has 0 aromatic carbocycles. The van der Waals surface area contributed by atoms with Crippen LogP contribution in [0, 0.1) is 10.8 Å². The van der Waals surface area contributed by atoms with Crippen molar-refractivity contribution in [3.63, 3.8) is 0 Å². The van der Waals surface area contributed by atoms with Crippen molar-refractivity contribution >= 4 is 53.2 Å². The highest BCUT2D eigenvalue weighted by Gasteiger charge is 2.33.